The number of rotatable bonds is 8. The van der Waals surface area contributed by atoms with Crippen molar-refractivity contribution in [3.63, 3.8) is 0 Å². The normalized spacial score (nSPS) is 13.5. The molecule has 194 valence electrons. The number of benzene rings is 4. The van der Waals surface area contributed by atoms with E-state index in [1.807, 2.05) is 24.3 Å². The van der Waals surface area contributed by atoms with Crippen LogP contribution < -0.4 is 4.31 Å². The van der Waals surface area contributed by atoms with Crippen molar-refractivity contribution in [2.75, 3.05) is 4.31 Å². The summed E-state index contributed by atoms with van der Waals surface area (Å²) in [5.41, 5.74) is 1.76. The van der Waals surface area contributed by atoms with Crippen LogP contribution in [0.25, 0.3) is 21.9 Å². The summed E-state index contributed by atoms with van der Waals surface area (Å²) >= 11 is -2.67. The van der Waals surface area contributed by atoms with Crippen molar-refractivity contribution in [2.24, 2.45) is 0 Å². The van der Waals surface area contributed by atoms with Gasteiger partial charge in [-0.15, -0.1) is 0 Å². The van der Waals surface area contributed by atoms with Crippen molar-refractivity contribution in [3.8, 4) is 11.1 Å². The summed E-state index contributed by atoms with van der Waals surface area (Å²) in [5, 5.41) is 8.48. The first-order valence-electron chi connectivity index (χ1n) is 10.7. The molecule has 4 rings (SSSR count). The van der Waals surface area contributed by atoms with Gasteiger partial charge >= 0.3 is 15.2 Å². The molecule has 0 aliphatic carbocycles. The maximum Gasteiger partial charge on any atom is 0.369 e. The van der Waals surface area contributed by atoms with Crippen molar-refractivity contribution in [1.82, 2.24) is 0 Å². The molecule has 5 N–H and O–H groups in total. The van der Waals surface area contributed by atoms with E-state index in [-0.39, 0.29) is 5.56 Å². The van der Waals surface area contributed by atoms with Gasteiger partial charge in [0.1, 0.15) is 0 Å². The van der Waals surface area contributed by atoms with Crippen LogP contribution >= 0.6 is 15.2 Å². The molecule has 1 unspecified atom stereocenters. The largest absolute Gasteiger partial charge is 0.755 e. The Balaban J connectivity index is 1.73. The molecule has 0 radical (unpaired) electrons. The summed E-state index contributed by atoms with van der Waals surface area (Å²) in [5.74, 6) is 0. The lowest BCUT2D eigenvalue weighted by atomic mass is 10.0. The molecule has 1 atom stereocenters. The summed E-state index contributed by atoms with van der Waals surface area (Å²) in [6.07, 6.45) is -1.01. The monoisotopic (exact) mass is 562 g/mol. The zero-order valence-electron chi connectivity index (χ0n) is 19.0. The first-order chi connectivity index (χ1) is 17.3. The molecule has 4 aromatic rings. The number of fused-ring (bicyclic) bond motifs is 1. The van der Waals surface area contributed by atoms with E-state index < -0.39 is 38.0 Å². The van der Waals surface area contributed by atoms with E-state index in [1.165, 1.54) is 18.2 Å². The molecule has 0 spiro atoms. The smallest absolute Gasteiger partial charge is 0.369 e. The minimum atomic E-state index is -5.63. The third-order valence-electron chi connectivity index (χ3n) is 5.83. The zero-order chi connectivity index (χ0) is 27.0. The highest BCUT2D eigenvalue weighted by Crippen LogP contribution is 2.68. The van der Waals surface area contributed by atoms with Gasteiger partial charge in [-0.2, -0.15) is 0 Å². The lowest BCUT2D eigenvalue weighted by Crippen LogP contribution is -2.31. The van der Waals surface area contributed by atoms with Gasteiger partial charge in [-0.1, -0.05) is 66.7 Å². The van der Waals surface area contributed by atoms with Crippen molar-refractivity contribution < 1.29 is 42.6 Å². The summed E-state index contributed by atoms with van der Waals surface area (Å²) in [7, 11) is -11.3. The lowest BCUT2D eigenvalue weighted by Gasteiger charge is -2.29. The van der Waals surface area contributed by atoms with Gasteiger partial charge in [0.25, 0.3) is 5.08 Å². The Labute approximate surface area is 214 Å². The molecule has 10 nitrogen and oxygen atoms in total. The molecular weight excluding hydrogens is 540 g/mol. The third kappa shape index (κ3) is 5.61. The van der Waals surface area contributed by atoms with Crippen molar-refractivity contribution in [2.45, 2.75) is 11.5 Å². The number of nitrogens with zero attached hydrogens (tertiary/aromatic N) is 1. The quantitative estimate of drug-likeness (QED) is 0.157. The third-order valence-corrected chi connectivity index (χ3v) is 10.3. The molecule has 0 heterocycles. The molecule has 4 aromatic carbocycles. The van der Waals surface area contributed by atoms with Crippen LogP contribution in [0.3, 0.4) is 0 Å². The van der Waals surface area contributed by atoms with Crippen LogP contribution in [0, 0.1) is 0 Å². The van der Waals surface area contributed by atoms with Gasteiger partial charge in [0, 0.05) is 6.42 Å². The SMILES string of the molecule is O=S([O-])N(c1cccc(-c2cccc(CC(O)(P(=O)(O)O)P(=O)(O)O)c2)c1)c1ccc2ccccc2c1. The van der Waals surface area contributed by atoms with E-state index in [4.69, 9.17) is 0 Å². The highest BCUT2D eigenvalue weighted by Gasteiger charge is 2.59. The van der Waals surface area contributed by atoms with Crippen LogP contribution in [0.15, 0.2) is 91.0 Å². The lowest BCUT2D eigenvalue weighted by molar-refractivity contribution is 0.131. The van der Waals surface area contributed by atoms with E-state index in [1.54, 1.807) is 48.5 Å². The Morgan fingerprint density at radius 3 is 1.92 bits per heavy atom. The highest BCUT2D eigenvalue weighted by molar-refractivity contribution is 7.81. The Kier molecular flexibility index (Phi) is 7.56. The van der Waals surface area contributed by atoms with Crippen LogP contribution in [0.4, 0.5) is 11.4 Å². The van der Waals surface area contributed by atoms with Crippen LogP contribution in [-0.4, -0.2) is 38.5 Å². The number of hydrogen-bond donors (Lipinski definition) is 5. The van der Waals surface area contributed by atoms with Gasteiger partial charge in [0.15, 0.2) is 0 Å². The van der Waals surface area contributed by atoms with Gasteiger partial charge in [0.05, 0.1) is 22.6 Å². The second kappa shape index (κ2) is 10.2. The number of hydrogen-bond acceptors (Lipinski definition) is 5. The molecule has 0 saturated heterocycles. The fourth-order valence-electron chi connectivity index (χ4n) is 3.95. The molecule has 0 aliphatic heterocycles. The maximum atomic E-state index is 12.2. The fourth-order valence-corrected chi connectivity index (χ4v) is 6.65. The predicted molar refractivity (Wildman–Crippen MR) is 140 cm³/mol. The van der Waals surface area contributed by atoms with E-state index in [0.717, 1.165) is 15.1 Å². The Bertz CT molecular complexity index is 1560. The van der Waals surface area contributed by atoms with Crippen LogP contribution in [0.2, 0.25) is 0 Å². The van der Waals surface area contributed by atoms with Gasteiger partial charge < -0.3 is 29.2 Å². The topological polar surface area (TPSA) is 179 Å². The van der Waals surface area contributed by atoms with Crippen LogP contribution in [0.5, 0.6) is 0 Å². The second-order valence-electron chi connectivity index (χ2n) is 8.33. The van der Waals surface area contributed by atoms with E-state index in [2.05, 4.69) is 0 Å². The van der Waals surface area contributed by atoms with Crippen molar-refractivity contribution in [1.29, 1.82) is 0 Å². The second-order valence-corrected chi connectivity index (χ2v) is 13.1. The standard InChI is InChI=1S/C24H23NO9P2S/c26-24(35(27,28)29,36(30,31)32)16-17-5-3-8-19(13-17)21-9-4-10-22(15-21)25(37(33)34)23-12-11-18-6-1-2-7-20(18)14-23/h1-15,26H,16H2,(H,33,34)(H2,27,28,29)(H2,30,31,32)/p-1. The molecule has 0 aliphatic rings. The van der Waals surface area contributed by atoms with Crippen molar-refractivity contribution in [3.05, 3.63) is 96.6 Å². The van der Waals surface area contributed by atoms with Gasteiger partial charge in [-0.3, -0.25) is 17.6 Å². The van der Waals surface area contributed by atoms with Crippen molar-refractivity contribution >= 4 is 48.6 Å². The fraction of sp³-hybridized carbons (Fsp3) is 0.0833. The summed E-state index contributed by atoms with van der Waals surface area (Å²) in [4.78, 5) is 37.8. The summed E-state index contributed by atoms with van der Waals surface area (Å²) in [6.45, 7) is 0. The van der Waals surface area contributed by atoms with E-state index >= 15 is 0 Å². The number of aliphatic hydroxyl groups is 1. The maximum absolute atomic E-state index is 12.2. The van der Waals surface area contributed by atoms with E-state index in [0.29, 0.717) is 22.5 Å². The zero-order valence-corrected chi connectivity index (χ0v) is 21.6. The summed E-state index contributed by atoms with van der Waals surface area (Å²) < 4.78 is 49.1. The average molecular weight is 562 g/mol. The van der Waals surface area contributed by atoms with Gasteiger partial charge in [0.2, 0.25) is 0 Å². The summed E-state index contributed by atoms with van der Waals surface area (Å²) in [6, 6.07) is 25.1. The number of anilines is 2. The molecule has 0 fully saturated rings. The minimum absolute atomic E-state index is 0.0517. The molecule has 0 aromatic heterocycles. The minimum Gasteiger partial charge on any atom is -0.755 e. The van der Waals surface area contributed by atoms with Crippen LogP contribution in [-0.2, 0) is 26.8 Å². The average Bonchev–Trinajstić information content (AvgIpc) is 2.83. The Hall–Kier alpha value is -2.69. The highest BCUT2D eigenvalue weighted by atomic mass is 32.2. The molecular formula is C24H22NO9P2S-. The first kappa shape index (κ1) is 27.3. The molecule has 37 heavy (non-hydrogen) atoms. The Morgan fingerprint density at radius 1 is 0.730 bits per heavy atom. The predicted octanol–water partition coefficient (Wildman–Crippen LogP) is 3.98. The van der Waals surface area contributed by atoms with Gasteiger partial charge in [-0.05, 0) is 51.7 Å². The van der Waals surface area contributed by atoms with E-state index in [9.17, 15) is 42.6 Å². The van der Waals surface area contributed by atoms with Gasteiger partial charge in [-0.25, -0.2) is 0 Å². The first-order valence-corrected chi connectivity index (χ1v) is 15.0. The molecule has 13 heteroatoms. The Morgan fingerprint density at radius 2 is 1.30 bits per heavy atom. The molecule has 0 amide bonds. The molecule has 0 bridgehead atoms. The van der Waals surface area contributed by atoms with Crippen LogP contribution in [0.1, 0.15) is 5.56 Å². The molecule has 0 saturated carbocycles.